The number of likely N-dealkylation sites (N-methyl/N-ethyl adjacent to an activating group) is 1. The highest BCUT2D eigenvalue weighted by atomic mass is 16.5. The maximum absolute atomic E-state index is 12.3. The predicted molar refractivity (Wildman–Crippen MR) is 87.5 cm³/mol. The molecule has 1 aromatic rings. The van der Waals surface area contributed by atoms with Gasteiger partial charge in [0.1, 0.15) is 11.8 Å². The summed E-state index contributed by atoms with van der Waals surface area (Å²) in [5, 5.41) is 5.75. The van der Waals surface area contributed by atoms with E-state index in [1.165, 1.54) is 4.90 Å². The Morgan fingerprint density at radius 1 is 1.33 bits per heavy atom. The smallest absolute Gasteiger partial charge is 0.257 e. The number of imide groups is 1. The molecule has 7 heteroatoms. The van der Waals surface area contributed by atoms with E-state index in [1.54, 1.807) is 24.3 Å². The van der Waals surface area contributed by atoms with Crippen molar-refractivity contribution in [3.05, 3.63) is 24.3 Å². The van der Waals surface area contributed by atoms with Crippen LogP contribution in [0.15, 0.2) is 24.3 Å². The summed E-state index contributed by atoms with van der Waals surface area (Å²) in [7, 11) is 0. The Morgan fingerprint density at radius 3 is 2.83 bits per heavy atom. The fraction of sp³-hybridized carbons (Fsp3) is 0.471. The predicted octanol–water partition coefficient (Wildman–Crippen LogP) is 0.903. The van der Waals surface area contributed by atoms with Gasteiger partial charge in [0.2, 0.25) is 5.91 Å². The molecular weight excluding hydrogens is 310 g/mol. The van der Waals surface area contributed by atoms with Gasteiger partial charge in [0.25, 0.3) is 11.8 Å². The second kappa shape index (κ2) is 6.90. The highest BCUT2D eigenvalue weighted by Crippen LogP contribution is 2.32. The quantitative estimate of drug-likeness (QED) is 0.725. The third-order valence-electron chi connectivity index (χ3n) is 4.01. The van der Waals surface area contributed by atoms with Crippen molar-refractivity contribution in [3.8, 4) is 5.75 Å². The van der Waals surface area contributed by atoms with Crippen LogP contribution >= 0.6 is 0 Å². The van der Waals surface area contributed by atoms with Crippen molar-refractivity contribution in [2.75, 3.05) is 18.5 Å². The van der Waals surface area contributed by atoms with E-state index in [2.05, 4.69) is 10.6 Å². The molecule has 2 fully saturated rings. The van der Waals surface area contributed by atoms with Crippen LogP contribution in [0.4, 0.5) is 5.69 Å². The Balaban J connectivity index is 1.59. The summed E-state index contributed by atoms with van der Waals surface area (Å²) in [4.78, 5) is 37.1. The van der Waals surface area contributed by atoms with Crippen molar-refractivity contribution >= 4 is 23.4 Å². The first-order valence-electron chi connectivity index (χ1n) is 8.20. The summed E-state index contributed by atoms with van der Waals surface area (Å²) in [6.45, 7) is 2.33. The van der Waals surface area contributed by atoms with Crippen LogP contribution in [0.5, 0.6) is 5.75 Å². The lowest BCUT2D eigenvalue weighted by molar-refractivity contribution is -0.139. The molecule has 0 bridgehead atoms. The van der Waals surface area contributed by atoms with Gasteiger partial charge in [0.15, 0.2) is 6.61 Å². The molecule has 1 saturated carbocycles. The Kier molecular flexibility index (Phi) is 4.69. The van der Waals surface area contributed by atoms with Crippen LogP contribution in [-0.4, -0.2) is 47.9 Å². The first-order valence-corrected chi connectivity index (χ1v) is 8.20. The van der Waals surface area contributed by atoms with Crippen molar-refractivity contribution in [1.82, 2.24) is 10.2 Å². The number of carbonyl (C=O) groups excluding carboxylic acids is 3. The summed E-state index contributed by atoms with van der Waals surface area (Å²) in [6, 6.07) is 6.60. The molecule has 2 N–H and O–H groups in total. The van der Waals surface area contributed by atoms with Crippen LogP contribution in [0.25, 0.3) is 0 Å². The van der Waals surface area contributed by atoms with Crippen molar-refractivity contribution in [3.63, 3.8) is 0 Å². The van der Waals surface area contributed by atoms with Crippen molar-refractivity contribution < 1.29 is 19.1 Å². The molecule has 0 radical (unpaired) electrons. The molecule has 1 aliphatic heterocycles. The summed E-state index contributed by atoms with van der Waals surface area (Å²) in [6.07, 6.45) is 2.00. The number of rotatable bonds is 7. The van der Waals surface area contributed by atoms with Crippen molar-refractivity contribution in [1.29, 1.82) is 0 Å². The number of amides is 3. The molecule has 1 aliphatic carbocycles. The largest absolute Gasteiger partial charge is 0.484 e. The molecule has 3 amide bonds. The van der Waals surface area contributed by atoms with Gasteiger partial charge in [-0.2, -0.15) is 0 Å². The topological polar surface area (TPSA) is 87.7 Å². The maximum atomic E-state index is 12.3. The van der Waals surface area contributed by atoms with E-state index in [0.29, 0.717) is 18.0 Å². The van der Waals surface area contributed by atoms with Gasteiger partial charge in [-0.05, 0) is 31.9 Å². The summed E-state index contributed by atoms with van der Waals surface area (Å²) < 4.78 is 5.43. The van der Waals surface area contributed by atoms with E-state index in [1.807, 2.05) is 6.92 Å². The number of hydrogen-bond acceptors (Lipinski definition) is 5. The zero-order valence-electron chi connectivity index (χ0n) is 13.6. The van der Waals surface area contributed by atoms with Crippen LogP contribution in [0.3, 0.4) is 0 Å². The minimum absolute atomic E-state index is 0.0619. The molecule has 1 atom stereocenters. The molecule has 1 saturated heterocycles. The first kappa shape index (κ1) is 16.3. The molecule has 1 heterocycles. The lowest BCUT2D eigenvalue weighted by Crippen LogP contribution is -2.36. The standard InChI is InChI=1S/C17H21N3O4/c1-2-18-15(21)10-24-13-5-3-4-11(8-13)19-14-9-16(22)20(17(14)23)12-6-7-12/h3-5,8,12,14,19H,2,6-7,9-10H2,1H3,(H,18,21)/t14-/m1/s1. The second-order valence-corrected chi connectivity index (χ2v) is 6.00. The average Bonchev–Trinajstić information content (AvgIpc) is 3.34. The normalized spacial score (nSPS) is 20.2. The summed E-state index contributed by atoms with van der Waals surface area (Å²) >= 11 is 0. The molecule has 3 rings (SSSR count). The number of nitrogens with zero attached hydrogens (tertiary/aromatic N) is 1. The number of ether oxygens (including phenoxy) is 1. The van der Waals surface area contributed by atoms with Gasteiger partial charge in [0.05, 0.1) is 6.42 Å². The minimum Gasteiger partial charge on any atom is -0.484 e. The third-order valence-corrected chi connectivity index (χ3v) is 4.01. The minimum atomic E-state index is -0.531. The first-order chi connectivity index (χ1) is 11.6. The monoisotopic (exact) mass is 331 g/mol. The molecule has 24 heavy (non-hydrogen) atoms. The highest BCUT2D eigenvalue weighted by molar-refractivity contribution is 6.07. The molecule has 0 unspecified atom stereocenters. The van der Waals surface area contributed by atoms with Gasteiger partial charge in [-0.3, -0.25) is 19.3 Å². The Bertz CT molecular complexity index is 657. The molecule has 128 valence electrons. The van der Waals surface area contributed by atoms with Crippen LogP contribution in [-0.2, 0) is 14.4 Å². The average molecular weight is 331 g/mol. The maximum Gasteiger partial charge on any atom is 0.257 e. The van der Waals surface area contributed by atoms with E-state index in [-0.39, 0.29) is 36.8 Å². The Morgan fingerprint density at radius 2 is 2.12 bits per heavy atom. The summed E-state index contributed by atoms with van der Waals surface area (Å²) in [5.41, 5.74) is 0.687. The molecule has 1 aromatic carbocycles. The van der Waals surface area contributed by atoms with Crippen LogP contribution in [0.1, 0.15) is 26.2 Å². The summed E-state index contributed by atoms with van der Waals surface area (Å²) in [5.74, 6) is 0.0781. The number of hydrogen-bond donors (Lipinski definition) is 2. The highest BCUT2D eigenvalue weighted by Gasteiger charge is 2.46. The number of nitrogens with one attached hydrogen (secondary N) is 2. The Hall–Kier alpha value is -2.57. The van der Waals surface area contributed by atoms with Gasteiger partial charge < -0.3 is 15.4 Å². The van der Waals surface area contributed by atoms with Gasteiger partial charge in [-0.25, -0.2) is 0 Å². The zero-order chi connectivity index (χ0) is 17.1. The lowest BCUT2D eigenvalue weighted by atomic mass is 10.2. The number of anilines is 1. The van der Waals surface area contributed by atoms with Gasteiger partial charge >= 0.3 is 0 Å². The van der Waals surface area contributed by atoms with E-state index in [9.17, 15) is 14.4 Å². The molecule has 0 aromatic heterocycles. The van der Waals surface area contributed by atoms with Gasteiger partial charge in [-0.1, -0.05) is 6.07 Å². The number of likely N-dealkylation sites (tertiary alicyclic amines) is 1. The molecule has 0 spiro atoms. The van der Waals surface area contributed by atoms with Gasteiger partial charge in [-0.15, -0.1) is 0 Å². The van der Waals surface area contributed by atoms with Crippen LogP contribution in [0.2, 0.25) is 0 Å². The van der Waals surface area contributed by atoms with E-state index >= 15 is 0 Å². The molecule has 7 nitrogen and oxygen atoms in total. The van der Waals surface area contributed by atoms with E-state index in [0.717, 1.165) is 12.8 Å². The Labute approximate surface area is 140 Å². The van der Waals surface area contributed by atoms with Crippen LogP contribution < -0.4 is 15.4 Å². The molecule has 2 aliphatic rings. The van der Waals surface area contributed by atoms with Crippen molar-refractivity contribution in [2.24, 2.45) is 0 Å². The SMILES string of the molecule is CCNC(=O)COc1cccc(N[C@@H]2CC(=O)N(C3CC3)C2=O)c1. The molecular formula is C17H21N3O4. The van der Waals surface area contributed by atoms with E-state index < -0.39 is 6.04 Å². The fourth-order valence-electron chi connectivity index (χ4n) is 2.75. The van der Waals surface area contributed by atoms with Gasteiger partial charge in [0, 0.05) is 24.3 Å². The zero-order valence-corrected chi connectivity index (χ0v) is 13.6. The number of benzene rings is 1. The third kappa shape index (κ3) is 3.67. The lowest BCUT2D eigenvalue weighted by Gasteiger charge is -2.15. The van der Waals surface area contributed by atoms with E-state index in [4.69, 9.17) is 4.74 Å². The van der Waals surface area contributed by atoms with Crippen molar-refractivity contribution in [2.45, 2.75) is 38.3 Å². The second-order valence-electron chi connectivity index (χ2n) is 6.00. The van der Waals surface area contributed by atoms with Crippen LogP contribution in [0, 0.1) is 0 Å². The number of carbonyl (C=O) groups is 3. The fourth-order valence-corrected chi connectivity index (χ4v) is 2.75.